The Hall–Kier alpha value is -3.49. The van der Waals surface area contributed by atoms with Crippen LogP contribution in [-0.2, 0) is 4.79 Å². The van der Waals surface area contributed by atoms with E-state index in [4.69, 9.17) is 21.1 Å². The van der Waals surface area contributed by atoms with E-state index in [-0.39, 0.29) is 24.0 Å². The molecule has 0 atom stereocenters. The van der Waals surface area contributed by atoms with Crippen LogP contribution in [0.4, 0.5) is 5.69 Å². The van der Waals surface area contributed by atoms with Gasteiger partial charge in [0.05, 0.1) is 22.3 Å². The third-order valence-corrected chi connectivity index (χ3v) is 5.98. The lowest BCUT2D eigenvalue weighted by Crippen LogP contribution is -2.23. The number of thioether (sulfide) groups is 1. The fraction of sp³-hybridized carbons (Fsp3) is 0.0870. The van der Waals surface area contributed by atoms with E-state index in [2.05, 4.69) is 10.3 Å². The number of benzene rings is 3. The van der Waals surface area contributed by atoms with Crippen LogP contribution in [-0.4, -0.2) is 28.0 Å². The number of amides is 1. The van der Waals surface area contributed by atoms with Gasteiger partial charge in [-0.1, -0.05) is 41.6 Å². The zero-order chi connectivity index (χ0) is 22.1. The van der Waals surface area contributed by atoms with Crippen molar-refractivity contribution in [1.82, 2.24) is 9.55 Å². The van der Waals surface area contributed by atoms with Crippen LogP contribution in [0.2, 0.25) is 5.02 Å². The Bertz CT molecular complexity index is 1390. The van der Waals surface area contributed by atoms with E-state index in [0.717, 1.165) is 0 Å². The minimum Gasteiger partial charge on any atom is -0.454 e. The van der Waals surface area contributed by atoms with E-state index in [9.17, 15) is 9.59 Å². The van der Waals surface area contributed by atoms with E-state index < -0.39 is 0 Å². The minimum atomic E-state index is -0.242. The first kappa shape index (κ1) is 20.4. The third-order valence-electron chi connectivity index (χ3n) is 4.80. The van der Waals surface area contributed by atoms with Crippen LogP contribution >= 0.6 is 23.4 Å². The van der Waals surface area contributed by atoms with Gasteiger partial charge in [0, 0.05) is 16.8 Å². The van der Waals surface area contributed by atoms with Gasteiger partial charge in [-0.2, -0.15) is 0 Å². The molecule has 0 fully saturated rings. The van der Waals surface area contributed by atoms with E-state index in [1.165, 1.54) is 16.3 Å². The van der Waals surface area contributed by atoms with Gasteiger partial charge in [-0.15, -0.1) is 0 Å². The van der Waals surface area contributed by atoms with Crippen molar-refractivity contribution in [3.8, 4) is 17.2 Å². The van der Waals surface area contributed by atoms with Gasteiger partial charge in [-0.3, -0.25) is 14.2 Å². The molecule has 2 heterocycles. The maximum atomic E-state index is 13.2. The number of aromatic nitrogens is 2. The van der Waals surface area contributed by atoms with Gasteiger partial charge < -0.3 is 14.8 Å². The summed E-state index contributed by atoms with van der Waals surface area (Å²) in [5, 5.41) is 4.17. The number of nitrogens with one attached hydrogen (secondary N) is 1. The van der Waals surface area contributed by atoms with Gasteiger partial charge in [0.2, 0.25) is 12.7 Å². The lowest BCUT2D eigenvalue weighted by atomic mass is 10.2. The molecule has 5 rings (SSSR count). The van der Waals surface area contributed by atoms with Gasteiger partial charge in [-0.25, -0.2) is 4.98 Å². The zero-order valence-corrected chi connectivity index (χ0v) is 18.2. The van der Waals surface area contributed by atoms with Crippen LogP contribution in [0.5, 0.6) is 11.5 Å². The molecule has 0 unspecified atom stereocenters. The van der Waals surface area contributed by atoms with Crippen LogP contribution < -0.4 is 20.3 Å². The highest BCUT2D eigenvalue weighted by Gasteiger charge is 2.17. The normalized spacial score (nSPS) is 12.2. The molecule has 1 aliphatic rings. The first-order valence-electron chi connectivity index (χ1n) is 9.68. The number of carbonyl (C=O) groups excluding carboxylic acids is 1. The van der Waals surface area contributed by atoms with Crippen molar-refractivity contribution in [2.24, 2.45) is 0 Å². The Morgan fingerprint density at radius 3 is 2.72 bits per heavy atom. The summed E-state index contributed by atoms with van der Waals surface area (Å²) in [6.45, 7) is 0.164. The van der Waals surface area contributed by atoms with Crippen LogP contribution in [0.1, 0.15) is 0 Å². The van der Waals surface area contributed by atoms with Gasteiger partial charge in [0.25, 0.3) is 5.56 Å². The predicted molar refractivity (Wildman–Crippen MR) is 124 cm³/mol. The largest absolute Gasteiger partial charge is 0.454 e. The second-order valence-corrected chi connectivity index (χ2v) is 8.32. The molecule has 0 radical (unpaired) electrons. The predicted octanol–water partition coefficient (Wildman–Crippen LogP) is 4.50. The molecular weight excluding hydrogens is 450 g/mol. The van der Waals surface area contributed by atoms with Crippen LogP contribution in [0.3, 0.4) is 0 Å². The fourth-order valence-electron chi connectivity index (χ4n) is 3.34. The molecule has 160 valence electrons. The number of para-hydroxylation sites is 1. The number of ether oxygens (including phenoxy) is 2. The quantitative estimate of drug-likeness (QED) is 0.345. The summed E-state index contributed by atoms with van der Waals surface area (Å²) in [4.78, 5) is 30.5. The monoisotopic (exact) mass is 465 g/mol. The van der Waals surface area contributed by atoms with E-state index >= 15 is 0 Å². The van der Waals surface area contributed by atoms with Crippen molar-refractivity contribution < 1.29 is 14.3 Å². The lowest BCUT2D eigenvalue weighted by molar-refractivity contribution is -0.113. The summed E-state index contributed by atoms with van der Waals surface area (Å²) in [5.41, 5.74) is 1.52. The lowest BCUT2D eigenvalue weighted by Gasteiger charge is -2.13. The molecule has 0 aliphatic carbocycles. The molecule has 0 bridgehead atoms. The van der Waals surface area contributed by atoms with Gasteiger partial charge >= 0.3 is 0 Å². The van der Waals surface area contributed by atoms with Crippen molar-refractivity contribution in [2.75, 3.05) is 17.9 Å². The highest BCUT2D eigenvalue weighted by molar-refractivity contribution is 7.99. The van der Waals surface area contributed by atoms with E-state index in [0.29, 0.717) is 44.0 Å². The molecule has 7 nitrogen and oxygen atoms in total. The fourth-order valence-corrected chi connectivity index (χ4v) is 4.32. The standard InChI is InChI=1S/C23H16ClN3O4S/c24-14-6-8-17-18(10-14)26-23(27(22(17)29)16-4-2-1-3-5-16)32-12-21(28)25-15-7-9-19-20(11-15)31-13-30-19/h1-11H,12-13H2,(H,25,28). The molecule has 0 saturated carbocycles. The molecule has 1 aromatic heterocycles. The number of nitrogens with zero attached hydrogens (tertiary/aromatic N) is 2. The molecule has 0 saturated heterocycles. The Labute approximate surface area is 191 Å². The van der Waals surface area contributed by atoms with Crippen molar-refractivity contribution in [3.05, 3.63) is 82.1 Å². The van der Waals surface area contributed by atoms with Gasteiger partial charge in [0.15, 0.2) is 16.7 Å². The highest BCUT2D eigenvalue weighted by Crippen LogP contribution is 2.34. The Morgan fingerprint density at radius 1 is 1.06 bits per heavy atom. The number of fused-ring (bicyclic) bond motifs is 2. The smallest absolute Gasteiger partial charge is 0.266 e. The number of carbonyl (C=O) groups is 1. The molecule has 1 amide bonds. The molecular formula is C23H16ClN3O4S. The molecule has 9 heteroatoms. The Balaban J connectivity index is 1.44. The molecule has 4 aromatic rings. The van der Waals surface area contributed by atoms with Crippen LogP contribution in [0.15, 0.2) is 76.7 Å². The Morgan fingerprint density at radius 2 is 1.88 bits per heavy atom. The minimum absolute atomic E-state index is 0.0553. The number of rotatable bonds is 5. The SMILES string of the molecule is O=C(CSc1nc2cc(Cl)ccc2c(=O)n1-c1ccccc1)Nc1ccc2c(c1)OCO2. The van der Waals surface area contributed by atoms with E-state index in [1.54, 1.807) is 36.4 Å². The van der Waals surface area contributed by atoms with Crippen LogP contribution in [0.25, 0.3) is 16.6 Å². The van der Waals surface area contributed by atoms with E-state index in [1.807, 2.05) is 30.3 Å². The molecule has 3 aromatic carbocycles. The second-order valence-electron chi connectivity index (χ2n) is 6.94. The summed E-state index contributed by atoms with van der Waals surface area (Å²) < 4.78 is 12.1. The first-order valence-corrected chi connectivity index (χ1v) is 11.0. The summed E-state index contributed by atoms with van der Waals surface area (Å²) in [6, 6.07) is 19.4. The maximum absolute atomic E-state index is 13.2. The maximum Gasteiger partial charge on any atom is 0.266 e. The molecule has 1 aliphatic heterocycles. The average molecular weight is 466 g/mol. The summed E-state index contributed by atoms with van der Waals surface area (Å²) >= 11 is 7.27. The number of hydrogen-bond acceptors (Lipinski definition) is 6. The Kier molecular flexibility index (Phi) is 5.46. The summed E-state index contributed by atoms with van der Waals surface area (Å²) in [6.07, 6.45) is 0. The number of hydrogen-bond donors (Lipinski definition) is 1. The van der Waals surface area contributed by atoms with Gasteiger partial charge in [-0.05, 0) is 42.5 Å². The second kappa shape index (κ2) is 8.57. The molecule has 0 spiro atoms. The van der Waals surface area contributed by atoms with Crippen molar-refractivity contribution in [1.29, 1.82) is 0 Å². The number of anilines is 1. The highest BCUT2D eigenvalue weighted by atomic mass is 35.5. The average Bonchev–Trinajstić information content (AvgIpc) is 3.26. The topological polar surface area (TPSA) is 82.5 Å². The zero-order valence-electron chi connectivity index (χ0n) is 16.6. The summed E-state index contributed by atoms with van der Waals surface area (Å²) in [5.74, 6) is 1.04. The molecule has 32 heavy (non-hydrogen) atoms. The van der Waals surface area contributed by atoms with Crippen molar-refractivity contribution in [2.45, 2.75) is 5.16 Å². The van der Waals surface area contributed by atoms with Gasteiger partial charge in [0.1, 0.15) is 0 Å². The van der Waals surface area contributed by atoms with Crippen molar-refractivity contribution >= 4 is 45.9 Å². The first-order chi connectivity index (χ1) is 15.6. The van der Waals surface area contributed by atoms with Crippen LogP contribution in [0, 0.1) is 0 Å². The molecule has 1 N–H and O–H groups in total. The summed E-state index contributed by atoms with van der Waals surface area (Å²) in [7, 11) is 0. The third kappa shape index (κ3) is 4.02. The number of halogens is 1. The van der Waals surface area contributed by atoms with Crippen molar-refractivity contribution in [3.63, 3.8) is 0 Å².